The number of carbonyl (C=O) groups is 1. The summed E-state index contributed by atoms with van der Waals surface area (Å²) in [6.45, 7) is 3.19. The van der Waals surface area contributed by atoms with Gasteiger partial charge in [0.05, 0.1) is 4.92 Å². The Balaban J connectivity index is 3.13. The first-order valence-corrected chi connectivity index (χ1v) is 5.05. The van der Waals surface area contributed by atoms with Crippen molar-refractivity contribution in [3.63, 3.8) is 0 Å². The van der Waals surface area contributed by atoms with Crippen molar-refractivity contribution < 1.29 is 14.8 Å². The van der Waals surface area contributed by atoms with Gasteiger partial charge in [0, 0.05) is 7.05 Å². The quantitative estimate of drug-likeness (QED) is 0.586. The molecule has 0 radical (unpaired) electrons. The third kappa shape index (κ3) is 2.52. The summed E-state index contributed by atoms with van der Waals surface area (Å²) in [5.41, 5.74) is 0.0624. The van der Waals surface area contributed by atoms with Crippen molar-refractivity contribution >= 4 is 17.5 Å². The molecule has 0 fully saturated rings. The number of nitro groups is 1. The van der Waals surface area contributed by atoms with E-state index in [0.717, 1.165) is 0 Å². The van der Waals surface area contributed by atoms with Crippen LogP contribution in [0.5, 0.6) is 0 Å². The molecule has 1 atom stereocenters. The van der Waals surface area contributed by atoms with E-state index in [0.29, 0.717) is 6.42 Å². The van der Waals surface area contributed by atoms with Crippen LogP contribution in [0.4, 0.5) is 11.5 Å². The van der Waals surface area contributed by atoms with E-state index < -0.39 is 16.9 Å². The Morgan fingerprint density at radius 1 is 1.71 bits per heavy atom. The zero-order valence-corrected chi connectivity index (χ0v) is 9.80. The molecular weight excluding hydrogens is 228 g/mol. The van der Waals surface area contributed by atoms with Crippen LogP contribution in [0.15, 0.2) is 0 Å². The largest absolute Gasteiger partial charge is 0.480 e. The van der Waals surface area contributed by atoms with Crippen LogP contribution in [-0.4, -0.2) is 31.8 Å². The number of nitrogens with zero attached hydrogens (tertiary/aromatic N) is 3. The predicted molar refractivity (Wildman–Crippen MR) is 59.9 cm³/mol. The number of rotatable bonds is 5. The Hall–Kier alpha value is -2.12. The van der Waals surface area contributed by atoms with E-state index in [9.17, 15) is 14.9 Å². The zero-order chi connectivity index (χ0) is 13.2. The number of aliphatic carboxylic acids is 1. The summed E-state index contributed by atoms with van der Waals surface area (Å²) in [4.78, 5) is 21.2. The fourth-order valence-electron chi connectivity index (χ4n) is 1.53. The second kappa shape index (κ2) is 4.81. The molecule has 0 bridgehead atoms. The SMILES string of the molecule is CC[C@@H](Nc1c([N+](=O)[O-])c(C)nn1C)C(=O)O. The van der Waals surface area contributed by atoms with E-state index in [1.165, 1.54) is 18.7 Å². The summed E-state index contributed by atoms with van der Waals surface area (Å²) in [6, 6.07) is -0.872. The standard InChI is InChI=1S/C9H14N4O4/c1-4-6(9(14)15)10-8-7(13(16)17)5(2)11-12(8)3/h6,10H,4H2,1-3H3,(H,14,15)/t6-/m1/s1. The van der Waals surface area contributed by atoms with Crippen molar-refractivity contribution in [2.75, 3.05) is 5.32 Å². The molecule has 0 aliphatic heterocycles. The third-order valence-electron chi connectivity index (χ3n) is 2.39. The van der Waals surface area contributed by atoms with Crippen LogP contribution in [0, 0.1) is 17.0 Å². The van der Waals surface area contributed by atoms with Gasteiger partial charge in [-0.25, -0.2) is 9.48 Å². The maximum absolute atomic E-state index is 10.9. The van der Waals surface area contributed by atoms with Gasteiger partial charge in [0.25, 0.3) is 0 Å². The summed E-state index contributed by atoms with van der Waals surface area (Å²) in [5.74, 6) is -0.942. The van der Waals surface area contributed by atoms with Crippen molar-refractivity contribution in [1.82, 2.24) is 9.78 Å². The molecule has 2 N–H and O–H groups in total. The van der Waals surface area contributed by atoms with E-state index in [1.807, 2.05) is 0 Å². The lowest BCUT2D eigenvalue weighted by molar-refractivity contribution is -0.384. The van der Waals surface area contributed by atoms with E-state index in [2.05, 4.69) is 10.4 Å². The number of nitrogens with one attached hydrogen (secondary N) is 1. The Morgan fingerprint density at radius 2 is 2.29 bits per heavy atom. The molecule has 1 heterocycles. The highest BCUT2D eigenvalue weighted by Crippen LogP contribution is 2.28. The van der Waals surface area contributed by atoms with E-state index in [1.54, 1.807) is 6.92 Å². The van der Waals surface area contributed by atoms with Crippen molar-refractivity contribution in [2.24, 2.45) is 7.05 Å². The zero-order valence-electron chi connectivity index (χ0n) is 9.80. The van der Waals surface area contributed by atoms with E-state index in [-0.39, 0.29) is 17.2 Å². The lowest BCUT2D eigenvalue weighted by Crippen LogP contribution is -2.29. The fraction of sp³-hybridized carbons (Fsp3) is 0.556. The third-order valence-corrected chi connectivity index (χ3v) is 2.39. The molecule has 0 spiro atoms. The fourth-order valence-corrected chi connectivity index (χ4v) is 1.53. The molecule has 1 rings (SSSR count). The first kappa shape index (κ1) is 12.9. The highest BCUT2D eigenvalue weighted by atomic mass is 16.6. The topological polar surface area (TPSA) is 110 Å². The van der Waals surface area contributed by atoms with Gasteiger partial charge in [-0.15, -0.1) is 0 Å². The summed E-state index contributed by atoms with van der Waals surface area (Å²) in [7, 11) is 1.52. The average molecular weight is 242 g/mol. The Morgan fingerprint density at radius 3 is 2.71 bits per heavy atom. The van der Waals surface area contributed by atoms with Crippen LogP contribution >= 0.6 is 0 Å². The minimum Gasteiger partial charge on any atom is -0.480 e. The molecule has 0 unspecified atom stereocenters. The van der Waals surface area contributed by atoms with Gasteiger partial charge in [0.15, 0.2) is 0 Å². The Bertz CT molecular complexity index is 454. The number of hydrogen-bond acceptors (Lipinski definition) is 5. The Kier molecular flexibility index (Phi) is 3.66. The summed E-state index contributed by atoms with van der Waals surface area (Å²) in [6.07, 6.45) is 0.316. The molecule has 0 aliphatic carbocycles. The van der Waals surface area contributed by atoms with Crippen molar-refractivity contribution in [3.8, 4) is 0 Å². The van der Waals surface area contributed by atoms with Crippen LogP contribution < -0.4 is 5.32 Å². The molecule has 0 aromatic carbocycles. The maximum Gasteiger partial charge on any atom is 0.333 e. The molecule has 17 heavy (non-hydrogen) atoms. The van der Waals surface area contributed by atoms with Crippen LogP contribution in [0.25, 0.3) is 0 Å². The highest BCUT2D eigenvalue weighted by Gasteiger charge is 2.27. The lowest BCUT2D eigenvalue weighted by Gasteiger charge is -2.12. The number of anilines is 1. The smallest absolute Gasteiger partial charge is 0.333 e. The molecule has 0 saturated carbocycles. The second-order valence-corrected chi connectivity index (χ2v) is 3.61. The van der Waals surface area contributed by atoms with E-state index in [4.69, 9.17) is 5.11 Å². The molecular formula is C9H14N4O4. The second-order valence-electron chi connectivity index (χ2n) is 3.61. The summed E-state index contributed by atoms with van der Waals surface area (Å²) >= 11 is 0. The number of aromatic nitrogens is 2. The number of carboxylic acids is 1. The normalized spacial score (nSPS) is 12.2. The van der Waals surface area contributed by atoms with Crippen molar-refractivity contribution in [1.29, 1.82) is 0 Å². The van der Waals surface area contributed by atoms with Crippen molar-refractivity contribution in [2.45, 2.75) is 26.3 Å². The average Bonchev–Trinajstić information content (AvgIpc) is 2.49. The number of carboxylic acid groups (broad SMARTS) is 1. The minimum atomic E-state index is -1.05. The van der Waals surface area contributed by atoms with Crippen LogP contribution in [0.3, 0.4) is 0 Å². The van der Waals surface area contributed by atoms with Gasteiger partial charge in [0.1, 0.15) is 11.7 Å². The molecule has 0 amide bonds. The van der Waals surface area contributed by atoms with Crippen LogP contribution in [0.1, 0.15) is 19.0 Å². The molecule has 0 aliphatic rings. The van der Waals surface area contributed by atoms with Crippen LogP contribution in [0.2, 0.25) is 0 Å². The minimum absolute atomic E-state index is 0.113. The maximum atomic E-state index is 10.9. The van der Waals surface area contributed by atoms with Gasteiger partial charge >= 0.3 is 11.7 Å². The van der Waals surface area contributed by atoms with Crippen molar-refractivity contribution in [3.05, 3.63) is 15.8 Å². The molecule has 0 saturated heterocycles. The van der Waals surface area contributed by atoms with Gasteiger partial charge in [-0.1, -0.05) is 6.92 Å². The highest BCUT2D eigenvalue weighted by molar-refractivity contribution is 5.78. The summed E-state index contributed by atoms with van der Waals surface area (Å²) < 4.78 is 1.28. The van der Waals surface area contributed by atoms with Gasteiger partial charge in [-0.05, 0) is 13.3 Å². The van der Waals surface area contributed by atoms with E-state index >= 15 is 0 Å². The monoisotopic (exact) mass is 242 g/mol. The molecule has 8 heteroatoms. The number of hydrogen-bond donors (Lipinski definition) is 2. The predicted octanol–water partition coefficient (Wildman–Crippen LogP) is 0.912. The first-order valence-electron chi connectivity index (χ1n) is 5.05. The van der Waals surface area contributed by atoms with Gasteiger partial charge in [0.2, 0.25) is 5.82 Å². The molecule has 1 aromatic rings. The molecule has 1 aromatic heterocycles. The van der Waals surface area contributed by atoms with Gasteiger partial charge in [-0.3, -0.25) is 10.1 Å². The first-order chi connectivity index (χ1) is 7.88. The molecule has 94 valence electrons. The molecule has 8 nitrogen and oxygen atoms in total. The number of aryl methyl sites for hydroxylation is 2. The van der Waals surface area contributed by atoms with Crippen LogP contribution in [-0.2, 0) is 11.8 Å². The Labute approximate surface area is 97.4 Å². The van der Waals surface area contributed by atoms with Gasteiger partial charge < -0.3 is 10.4 Å². The lowest BCUT2D eigenvalue weighted by atomic mass is 10.2. The summed E-state index contributed by atoms with van der Waals surface area (Å²) in [5, 5.41) is 26.3. The van der Waals surface area contributed by atoms with Gasteiger partial charge in [-0.2, -0.15) is 5.10 Å².